The number of rotatable bonds is 7. The largest absolute Gasteiger partial charge is 0.484 e. The van der Waals surface area contributed by atoms with Gasteiger partial charge in [-0.1, -0.05) is 48.0 Å². The zero-order valence-corrected chi connectivity index (χ0v) is 15.8. The molecule has 0 fully saturated rings. The van der Waals surface area contributed by atoms with Crippen molar-refractivity contribution < 1.29 is 14.1 Å². The topological polar surface area (TPSA) is 68.5 Å². The summed E-state index contributed by atoms with van der Waals surface area (Å²) >= 11 is 0. The third kappa shape index (κ3) is 4.94. The summed E-state index contributed by atoms with van der Waals surface area (Å²) in [6, 6.07) is 15.6. The SMILES string of the molecule is CCc1ccc(OCC(=O)N(C)Cc2nc(-c3cccc(C)c3)no2)cc1. The summed E-state index contributed by atoms with van der Waals surface area (Å²) in [6.07, 6.45) is 0.969. The van der Waals surface area contributed by atoms with Crippen LogP contribution < -0.4 is 4.74 Å². The first-order valence-corrected chi connectivity index (χ1v) is 8.90. The number of hydrogen-bond donors (Lipinski definition) is 0. The highest BCUT2D eigenvalue weighted by Crippen LogP contribution is 2.17. The Balaban J connectivity index is 1.55. The maximum Gasteiger partial charge on any atom is 0.260 e. The Kier molecular flexibility index (Phi) is 5.86. The molecule has 0 aliphatic carbocycles. The first-order chi connectivity index (χ1) is 13.0. The molecule has 1 heterocycles. The number of nitrogens with zero attached hydrogens (tertiary/aromatic N) is 3. The lowest BCUT2D eigenvalue weighted by Crippen LogP contribution is -2.31. The van der Waals surface area contributed by atoms with E-state index in [0.29, 0.717) is 17.5 Å². The van der Waals surface area contributed by atoms with Crippen molar-refractivity contribution in [3.63, 3.8) is 0 Å². The molecule has 6 nitrogen and oxygen atoms in total. The Morgan fingerprint density at radius 1 is 1.19 bits per heavy atom. The molecule has 6 heteroatoms. The fourth-order valence-electron chi connectivity index (χ4n) is 2.59. The van der Waals surface area contributed by atoms with Crippen molar-refractivity contribution in [2.75, 3.05) is 13.7 Å². The fraction of sp³-hybridized carbons (Fsp3) is 0.286. The maximum atomic E-state index is 12.3. The average Bonchev–Trinajstić information content (AvgIpc) is 3.15. The van der Waals surface area contributed by atoms with E-state index >= 15 is 0 Å². The van der Waals surface area contributed by atoms with Crippen LogP contribution in [-0.2, 0) is 17.8 Å². The van der Waals surface area contributed by atoms with Crippen molar-refractivity contribution in [1.29, 1.82) is 0 Å². The lowest BCUT2D eigenvalue weighted by Gasteiger charge is -2.15. The van der Waals surface area contributed by atoms with Gasteiger partial charge in [0.15, 0.2) is 6.61 Å². The van der Waals surface area contributed by atoms with Gasteiger partial charge in [-0.2, -0.15) is 4.98 Å². The van der Waals surface area contributed by atoms with Gasteiger partial charge in [-0.15, -0.1) is 0 Å². The molecule has 0 bridgehead atoms. The van der Waals surface area contributed by atoms with E-state index in [-0.39, 0.29) is 19.1 Å². The van der Waals surface area contributed by atoms with Gasteiger partial charge in [0.2, 0.25) is 11.7 Å². The van der Waals surface area contributed by atoms with E-state index in [1.54, 1.807) is 7.05 Å². The third-order valence-corrected chi connectivity index (χ3v) is 4.24. The molecule has 27 heavy (non-hydrogen) atoms. The van der Waals surface area contributed by atoms with Crippen LogP contribution in [0, 0.1) is 6.92 Å². The van der Waals surface area contributed by atoms with Gasteiger partial charge in [-0.05, 0) is 37.1 Å². The fourth-order valence-corrected chi connectivity index (χ4v) is 2.59. The molecular weight excluding hydrogens is 342 g/mol. The van der Waals surface area contributed by atoms with Crippen LogP contribution in [0.2, 0.25) is 0 Å². The van der Waals surface area contributed by atoms with Gasteiger partial charge in [-0.25, -0.2) is 0 Å². The molecule has 2 aromatic carbocycles. The van der Waals surface area contributed by atoms with Crippen LogP contribution in [0.1, 0.15) is 23.9 Å². The van der Waals surface area contributed by atoms with Crippen molar-refractivity contribution in [2.24, 2.45) is 0 Å². The van der Waals surface area contributed by atoms with Crippen LogP contribution in [0.3, 0.4) is 0 Å². The standard InChI is InChI=1S/C21H23N3O3/c1-4-16-8-10-18(11-9-16)26-14-20(25)24(3)13-19-22-21(23-27-19)17-7-5-6-15(2)12-17/h5-12H,4,13-14H2,1-3H3. The predicted molar refractivity (Wildman–Crippen MR) is 102 cm³/mol. The second-order valence-electron chi connectivity index (χ2n) is 6.42. The molecule has 0 aliphatic rings. The van der Waals surface area contributed by atoms with Crippen LogP contribution in [0.4, 0.5) is 0 Å². The molecule has 0 atom stereocenters. The number of amides is 1. The number of ether oxygens (including phenoxy) is 1. The van der Waals surface area contributed by atoms with Gasteiger partial charge in [-0.3, -0.25) is 4.79 Å². The molecule has 140 valence electrons. The van der Waals surface area contributed by atoms with Gasteiger partial charge in [0, 0.05) is 12.6 Å². The Bertz CT molecular complexity index is 903. The number of aryl methyl sites for hydroxylation is 2. The van der Waals surface area contributed by atoms with E-state index in [9.17, 15) is 4.79 Å². The second-order valence-corrected chi connectivity index (χ2v) is 6.42. The van der Waals surface area contributed by atoms with Gasteiger partial charge in [0.1, 0.15) is 5.75 Å². The number of benzene rings is 2. The van der Waals surface area contributed by atoms with Gasteiger partial charge >= 0.3 is 0 Å². The Labute approximate surface area is 158 Å². The number of carbonyl (C=O) groups is 1. The molecule has 3 aromatic rings. The predicted octanol–water partition coefficient (Wildman–Crippen LogP) is 3.64. The zero-order valence-electron chi connectivity index (χ0n) is 15.8. The molecule has 0 spiro atoms. The van der Waals surface area contributed by atoms with Crippen LogP contribution >= 0.6 is 0 Å². The smallest absolute Gasteiger partial charge is 0.260 e. The number of aromatic nitrogens is 2. The lowest BCUT2D eigenvalue weighted by atomic mass is 10.1. The van der Waals surface area contributed by atoms with Gasteiger partial charge < -0.3 is 14.2 Å². The van der Waals surface area contributed by atoms with E-state index in [4.69, 9.17) is 9.26 Å². The van der Waals surface area contributed by atoms with Crippen LogP contribution in [0.5, 0.6) is 5.75 Å². The molecule has 1 amide bonds. The van der Waals surface area contributed by atoms with Crippen molar-refractivity contribution in [1.82, 2.24) is 15.0 Å². The zero-order chi connectivity index (χ0) is 19.2. The van der Waals surface area contributed by atoms with Crippen LogP contribution in [0.25, 0.3) is 11.4 Å². The molecule has 0 unspecified atom stereocenters. The minimum Gasteiger partial charge on any atom is -0.484 e. The monoisotopic (exact) mass is 365 g/mol. The van der Waals surface area contributed by atoms with E-state index in [1.165, 1.54) is 10.5 Å². The highest BCUT2D eigenvalue weighted by Gasteiger charge is 2.15. The normalized spacial score (nSPS) is 10.6. The molecule has 0 radical (unpaired) electrons. The van der Waals surface area contributed by atoms with Crippen molar-refractivity contribution in [3.8, 4) is 17.1 Å². The summed E-state index contributed by atoms with van der Waals surface area (Å²) in [5, 5.41) is 3.99. The summed E-state index contributed by atoms with van der Waals surface area (Å²) in [5.74, 6) is 1.41. The maximum absolute atomic E-state index is 12.3. The Morgan fingerprint density at radius 3 is 2.67 bits per heavy atom. The summed E-state index contributed by atoms with van der Waals surface area (Å²) < 4.78 is 10.8. The molecule has 0 saturated heterocycles. The molecule has 0 saturated carbocycles. The molecule has 1 aromatic heterocycles. The van der Waals surface area contributed by atoms with E-state index < -0.39 is 0 Å². The van der Waals surface area contributed by atoms with Crippen molar-refractivity contribution in [3.05, 3.63) is 65.5 Å². The van der Waals surface area contributed by atoms with Crippen molar-refractivity contribution >= 4 is 5.91 Å². The highest BCUT2D eigenvalue weighted by molar-refractivity contribution is 5.77. The minimum absolute atomic E-state index is 0.0408. The lowest BCUT2D eigenvalue weighted by molar-refractivity contribution is -0.132. The Morgan fingerprint density at radius 2 is 1.96 bits per heavy atom. The van der Waals surface area contributed by atoms with Crippen LogP contribution in [0.15, 0.2) is 53.1 Å². The minimum atomic E-state index is -0.162. The van der Waals surface area contributed by atoms with E-state index in [2.05, 4.69) is 17.1 Å². The second kappa shape index (κ2) is 8.49. The average molecular weight is 365 g/mol. The molecule has 3 rings (SSSR count). The summed E-state index contributed by atoms with van der Waals surface area (Å²) in [5.41, 5.74) is 3.24. The first-order valence-electron chi connectivity index (χ1n) is 8.90. The number of likely N-dealkylation sites (N-methyl/N-ethyl adjacent to an activating group) is 1. The number of hydrogen-bond acceptors (Lipinski definition) is 5. The van der Waals surface area contributed by atoms with E-state index in [0.717, 1.165) is 17.5 Å². The van der Waals surface area contributed by atoms with E-state index in [1.807, 2.05) is 55.5 Å². The molecular formula is C21H23N3O3. The van der Waals surface area contributed by atoms with Gasteiger partial charge in [0.25, 0.3) is 5.91 Å². The quantitative estimate of drug-likeness (QED) is 0.639. The summed E-state index contributed by atoms with van der Waals surface area (Å²) in [7, 11) is 1.68. The van der Waals surface area contributed by atoms with Crippen molar-refractivity contribution in [2.45, 2.75) is 26.8 Å². The summed E-state index contributed by atoms with van der Waals surface area (Å²) in [4.78, 5) is 18.2. The molecule has 0 aliphatic heterocycles. The number of carbonyl (C=O) groups excluding carboxylic acids is 1. The Hall–Kier alpha value is -3.15. The first kappa shape index (κ1) is 18.6. The van der Waals surface area contributed by atoms with Crippen LogP contribution in [-0.4, -0.2) is 34.6 Å². The third-order valence-electron chi connectivity index (χ3n) is 4.24. The highest BCUT2D eigenvalue weighted by atomic mass is 16.5. The van der Waals surface area contributed by atoms with Gasteiger partial charge in [0.05, 0.1) is 6.54 Å². The molecule has 0 N–H and O–H groups in total. The summed E-state index contributed by atoms with van der Waals surface area (Å²) in [6.45, 7) is 4.29.